The zero-order chi connectivity index (χ0) is 13.5. The fourth-order valence-electron chi connectivity index (χ4n) is 2.08. The molecule has 2 N–H and O–H groups in total. The predicted octanol–water partition coefficient (Wildman–Crippen LogP) is 2.66. The lowest BCUT2D eigenvalue weighted by Gasteiger charge is -2.17. The van der Waals surface area contributed by atoms with Crippen LogP contribution in [-0.4, -0.2) is 31.0 Å². The first-order valence-electron chi connectivity index (χ1n) is 6.83. The van der Waals surface area contributed by atoms with Crippen molar-refractivity contribution in [1.82, 2.24) is 10.3 Å². The monoisotopic (exact) mass is 262 g/mol. The summed E-state index contributed by atoms with van der Waals surface area (Å²) in [6.45, 7) is 6.80. The van der Waals surface area contributed by atoms with Gasteiger partial charge in [0.05, 0.1) is 0 Å². The number of ether oxygens (including phenoxy) is 2. The third kappa shape index (κ3) is 4.06. The van der Waals surface area contributed by atoms with Crippen LogP contribution in [0.4, 0.5) is 0 Å². The van der Waals surface area contributed by atoms with Crippen molar-refractivity contribution in [3.63, 3.8) is 0 Å². The Morgan fingerprint density at radius 3 is 2.68 bits per heavy atom. The first-order valence-corrected chi connectivity index (χ1v) is 6.83. The van der Waals surface area contributed by atoms with Gasteiger partial charge in [-0.2, -0.15) is 0 Å². The minimum atomic E-state index is -0.163. The lowest BCUT2D eigenvalue weighted by atomic mass is 10.1. The molecule has 0 unspecified atom stereocenters. The molecule has 4 nitrogen and oxygen atoms in total. The smallest absolute Gasteiger partial charge is 0.169 e. The molecule has 0 radical (unpaired) electrons. The molecule has 2 aromatic rings. The van der Waals surface area contributed by atoms with Crippen molar-refractivity contribution in [1.29, 1.82) is 0 Å². The summed E-state index contributed by atoms with van der Waals surface area (Å²) in [7, 11) is 0. The SMILES string of the molecule is CCOC(CNCc1ccc2cc[nH]c2c1)OCC. The summed E-state index contributed by atoms with van der Waals surface area (Å²) in [6, 6.07) is 8.51. The van der Waals surface area contributed by atoms with Gasteiger partial charge in [-0.1, -0.05) is 12.1 Å². The number of rotatable bonds is 8. The Bertz CT molecular complexity index is 490. The molecule has 19 heavy (non-hydrogen) atoms. The number of fused-ring (bicyclic) bond motifs is 1. The average molecular weight is 262 g/mol. The van der Waals surface area contributed by atoms with Crippen molar-refractivity contribution in [2.75, 3.05) is 19.8 Å². The predicted molar refractivity (Wildman–Crippen MR) is 77.0 cm³/mol. The van der Waals surface area contributed by atoms with Crippen LogP contribution in [0.25, 0.3) is 10.9 Å². The average Bonchev–Trinajstić information content (AvgIpc) is 2.86. The largest absolute Gasteiger partial charge is 0.361 e. The zero-order valence-electron chi connectivity index (χ0n) is 11.6. The van der Waals surface area contributed by atoms with Crippen LogP contribution in [0.15, 0.2) is 30.5 Å². The number of hydrogen-bond donors (Lipinski definition) is 2. The Hall–Kier alpha value is -1.36. The molecule has 2 rings (SSSR count). The molecule has 4 heteroatoms. The van der Waals surface area contributed by atoms with Crippen LogP contribution in [0.3, 0.4) is 0 Å². The third-order valence-corrected chi connectivity index (χ3v) is 2.96. The van der Waals surface area contributed by atoms with Crippen LogP contribution >= 0.6 is 0 Å². The highest BCUT2D eigenvalue weighted by atomic mass is 16.7. The van der Waals surface area contributed by atoms with E-state index in [1.54, 1.807) is 0 Å². The highest BCUT2D eigenvalue weighted by Crippen LogP contribution is 2.13. The Morgan fingerprint density at radius 2 is 1.95 bits per heavy atom. The summed E-state index contributed by atoms with van der Waals surface area (Å²) < 4.78 is 11.0. The topological polar surface area (TPSA) is 46.3 Å². The van der Waals surface area contributed by atoms with Gasteiger partial charge >= 0.3 is 0 Å². The van der Waals surface area contributed by atoms with Crippen LogP contribution in [0.2, 0.25) is 0 Å². The van der Waals surface area contributed by atoms with Gasteiger partial charge in [-0.3, -0.25) is 0 Å². The maximum Gasteiger partial charge on any atom is 0.169 e. The lowest BCUT2D eigenvalue weighted by Crippen LogP contribution is -2.31. The fourth-order valence-corrected chi connectivity index (χ4v) is 2.08. The van der Waals surface area contributed by atoms with Gasteiger partial charge in [-0.15, -0.1) is 0 Å². The normalized spacial score (nSPS) is 11.5. The van der Waals surface area contributed by atoms with Crippen LogP contribution in [-0.2, 0) is 16.0 Å². The van der Waals surface area contributed by atoms with E-state index < -0.39 is 0 Å². The van der Waals surface area contributed by atoms with Crippen molar-refractivity contribution in [2.45, 2.75) is 26.7 Å². The van der Waals surface area contributed by atoms with Gasteiger partial charge in [0.1, 0.15) is 0 Å². The van der Waals surface area contributed by atoms with E-state index in [1.165, 1.54) is 16.5 Å². The Balaban J connectivity index is 1.83. The standard InChI is InChI=1S/C15H22N2O2/c1-3-18-15(19-4-2)11-16-10-12-5-6-13-7-8-17-14(13)9-12/h5-9,15-17H,3-4,10-11H2,1-2H3. The summed E-state index contributed by atoms with van der Waals surface area (Å²) in [5, 5.41) is 4.61. The summed E-state index contributed by atoms with van der Waals surface area (Å²) in [5.74, 6) is 0. The van der Waals surface area contributed by atoms with Crippen molar-refractivity contribution in [2.24, 2.45) is 0 Å². The maximum atomic E-state index is 5.49. The molecule has 0 spiro atoms. The maximum absolute atomic E-state index is 5.49. The molecule has 0 aliphatic carbocycles. The number of nitrogens with one attached hydrogen (secondary N) is 2. The van der Waals surface area contributed by atoms with Crippen molar-refractivity contribution >= 4 is 10.9 Å². The molecular weight excluding hydrogens is 240 g/mol. The lowest BCUT2D eigenvalue weighted by molar-refractivity contribution is -0.133. The highest BCUT2D eigenvalue weighted by molar-refractivity contribution is 5.79. The van der Waals surface area contributed by atoms with E-state index in [1.807, 2.05) is 20.0 Å². The van der Waals surface area contributed by atoms with E-state index in [2.05, 4.69) is 34.6 Å². The van der Waals surface area contributed by atoms with Crippen LogP contribution in [0.1, 0.15) is 19.4 Å². The van der Waals surface area contributed by atoms with Gasteiger partial charge in [0.15, 0.2) is 6.29 Å². The number of hydrogen-bond acceptors (Lipinski definition) is 3. The van der Waals surface area contributed by atoms with E-state index >= 15 is 0 Å². The van der Waals surface area contributed by atoms with Gasteiger partial charge in [0, 0.05) is 38.0 Å². The fraction of sp³-hybridized carbons (Fsp3) is 0.467. The van der Waals surface area contributed by atoms with Crippen molar-refractivity contribution in [3.8, 4) is 0 Å². The van der Waals surface area contributed by atoms with Gasteiger partial charge in [0.25, 0.3) is 0 Å². The second kappa shape index (κ2) is 7.28. The number of aromatic nitrogens is 1. The van der Waals surface area contributed by atoms with E-state index in [-0.39, 0.29) is 6.29 Å². The molecule has 0 atom stereocenters. The molecule has 104 valence electrons. The van der Waals surface area contributed by atoms with E-state index in [4.69, 9.17) is 9.47 Å². The Morgan fingerprint density at radius 1 is 1.16 bits per heavy atom. The third-order valence-electron chi connectivity index (χ3n) is 2.96. The van der Waals surface area contributed by atoms with E-state index in [0.29, 0.717) is 19.8 Å². The molecule has 0 amide bonds. The molecule has 0 bridgehead atoms. The molecule has 0 aliphatic rings. The first kappa shape index (κ1) is 14.1. The summed E-state index contributed by atoms with van der Waals surface area (Å²) in [5.41, 5.74) is 2.42. The first-order chi connectivity index (χ1) is 9.33. The summed E-state index contributed by atoms with van der Waals surface area (Å²) in [4.78, 5) is 3.22. The van der Waals surface area contributed by atoms with Crippen LogP contribution in [0, 0.1) is 0 Å². The molecule has 1 aromatic carbocycles. The van der Waals surface area contributed by atoms with E-state index in [9.17, 15) is 0 Å². The zero-order valence-corrected chi connectivity index (χ0v) is 11.6. The molecule has 0 aliphatic heterocycles. The molecule has 0 saturated heterocycles. The molecule has 0 saturated carbocycles. The molecular formula is C15H22N2O2. The summed E-state index contributed by atoms with van der Waals surface area (Å²) >= 11 is 0. The van der Waals surface area contributed by atoms with E-state index in [0.717, 1.165) is 6.54 Å². The van der Waals surface area contributed by atoms with Crippen LogP contribution in [0.5, 0.6) is 0 Å². The quantitative estimate of drug-likeness (QED) is 0.719. The van der Waals surface area contributed by atoms with Crippen molar-refractivity contribution in [3.05, 3.63) is 36.0 Å². The Labute approximate surface area is 114 Å². The Kier molecular flexibility index (Phi) is 5.39. The van der Waals surface area contributed by atoms with Crippen molar-refractivity contribution < 1.29 is 9.47 Å². The minimum absolute atomic E-state index is 0.163. The highest BCUT2D eigenvalue weighted by Gasteiger charge is 2.06. The number of benzene rings is 1. The van der Waals surface area contributed by atoms with Gasteiger partial charge in [-0.25, -0.2) is 0 Å². The second-order valence-corrected chi connectivity index (χ2v) is 4.37. The molecule has 0 fully saturated rings. The van der Waals surface area contributed by atoms with Gasteiger partial charge < -0.3 is 19.8 Å². The van der Waals surface area contributed by atoms with Gasteiger partial charge in [0.2, 0.25) is 0 Å². The summed E-state index contributed by atoms with van der Waals surface area (Å²) in [6.07, 6.45) is 1.80. The molecule has 1 aromatic heterocycles. The number of H-pyrrole nitrogens is 1. The second-order valence-electron chi connectivity index (χ2n) is 4.37. The van der Waals surface area contributed by atoms with Gasteiger partial charge in [-0.05, 0) is 36.9 Å². The number of aromatic amines is 1. The van der Waals surface area contributed by atoms with Crippen LogP contribution < -0.4 is 5.32 Å². The molecule has 1 heterocycles. The minimum Gasteiger partial charge on any atom is -0.361 e.